The van der Waals surface area contributed by atoms with Crippen LogP contribution >= 0.6 is 22.7 Å². The Hall–Kier alpha value is -4.76. The second-order valence-electron chi connectivity index (χ2n) is 14.3. The molecule has 1 saturated heterocycles. The number of benzene rings is 3. The van der Waals surface area contributed by atoms with Crippen LogP contribution in [0.1, 0.15) is 80.9 Å². The summed E-state index contributed by atoms with van der Waals surface area (Å²) >= 11 is 2.96. The fourth-order valence-corrected chi connectivity index (χ4v) is 9.95. The van der Waals surface area contributed by atoms with Crippen molar-refractivity contribution in [2.24, 2.45) is 11.3 Å². The van der Waals surface area contributed by atoms with E-state index in [4.69, 9.17) is 14.5 Å². The molecule has 0 atom stereocenters. The summed E-state index contributed by atoms with van der Waals surface area (Å²) in [7, 11) is 1.38. The number of carbonyl (C=O) groups excluding carboxylic acids is 2. The van der Waals surface area contributed by atoms with Gasteiger partial charge in [0.2, 0.25) is 0 Å². The number of nitrogens with zero attached hydrogens (tertiary/aromatic N) is 3. The molecule has 11 heteroatoms. The molecule has 3 aliphatic rings. The van der Waals surface area contributed by atoms with E-state index in [1.807, 2.05) is 60.7 Å². The van der Waals surface area contributed by atoms with Gasteiger partial charge < -0.3 is 19.7 Å². The molecule has 1 amide bonds. The Labute approximate surface area is 318 Å². The van der Waals surface area contributed by atoms with Crippen LogP contribution in [0.15, 0.2) is 66.7 Å². The summed E-state index contributed by atoms with van der Waals surface area (Å²) in [6, 6.07) is 21.7. The number of para-hydroxylation sites is 1. The number of anilines is 2. The van der Waals surface area contributed by atoms with Gasteiger partial charge in [0, 0.05) is 35.5 Å². The van der Waals surface area contributed by atoms with Gasteiger partial charge in [-0.2, -0.15) is 0 Å². The Kier molecular flexibility index (Phi) is 10.4. The third-order valence-corrected chi connectivity index (χ3v) is 12.9. The predicted octanol–water partition coefficient (Wildman–Crippen LogP) is 7.89. The van der Waals surface area contributed by atoms with Crippen molar-refractivity contribution >= 4 is 55.0 Å². The van der Waals surface area contributed by atoms with E-state index in [0.29, 0.717) is 47.8 Å². The Morgan fingerprint density at radius 3 is 2.66 bits per heavy atom. The van der Waals surface area contributed by atoms with Crippen LogP contribution in [0.5, 0.6) is 5.75 Å². The standard InChI is InChI=1S/C42H43N5O4S2/c1-50-39(49)37-36(13-6-24-51-31-16-14-28(15-17-31)7-4-8-29-25-42(26-29)19-21-43-22-20-42)53-41(45-37)47-23-18-30-9-5-10-32(33(30)27-47)38(48)46-40-44-34-11-2-3-12-35(34)52-40/h2-3,5,9-12,14-17,29,43H,6,8,13,18-27H2,1H3,(H,44,46,48). The number of hydrogen-bond acceptors (Lipinski definition) is 10. The Morgan fingerprint density at radius 2 is 1.85 bits per heavy atom. The van der Waals surface area contributed by atoms with Crippen LogP contribution in [0.2, 0.25) is 0 Å². The van der Waals surface area contributed by atoms with Crippen LogP contribution in [-0.2, 0) is 24.1 Å². The van der Waals surface area contributed by atoms with Crippen molar-refractivity contribution in [3.63, 3.8) is 0 Å². The number of esters is 1. The topological polar surface area (TPSA) is 106 Å². The highest BCUT2D eigenvalue weighted by Crippen LogP contribution is 2.52. The molecular weight excluding hydrogens is 703 g/mol. The van der Waals surface area contributed by atoms with Gasteiger partial charge in [0.05, 0.1) is 23.9 Å². The second kappa shape index (κ2) is 15.7. The first-order valence-electron chi connectivity index (χ1n) is 18.5. The van der Waals surface area contributed by atoms with Crippen LogP contribution in [0, 0.1) is 23.2 Å². The van der Waals surface area contributed by atoms with Gasteiger partial charge in [-0.15, -0.1) is 11.3 Å². The number of fused-ring (bicyclic) bond motifs is 2. The number of thiazole rings is 2. The zero-order valence-electron chi connectivity index (χ0n) is 29.9. The fourth-order valence-electron chi connectivity index (χ4n) is 7.98. The molecule has 8 rings (SSSR count). The SMILES string of the molecule is COC(=O)c1nc(N2CCc3cccc(C(=O)Nc4nc5ccccc5s4)c3C2)sc1CCCOc1ccc(C#CCC2CC3(CCNCC3)C2)cc1. The van der Waals surface area contributed by atoms with Crippen LogP contribution in [0.3, 0.4) is 0 Å². The van der Waals surface area contributed by atoms with Gasteiger partial charge in [0.15, 0.2) is 16.0 Å². The minimum absolute atomic E-state index is 0.185. The normalized spacial score (nSPS) is 16.4. The van der Waals surface area contributed by atoms with E-state index < -0.39 is 5.97 Å². The van der Waals surface area contributed by atoms with E-state index >= 15 is 0 Å². The predicted molar refractivity (Wildman–Crippen MR) is 211 cm³/mol. The summed E-state index contributed by atoms with van der Waals surface area (Å²) in [6.45, 7) is 4.07. The molecule has 1 aliphatic carbocycles. The molecule has 2 aliphatic heterocycles. The van der Waals surface area contributed by atoms with E-state index in [2.05, 4.69) is 38.4 Å². The number of aromatic nitrogens is 2. The van der Waals surface area contributed by atoms with Crippen molar-refractivity contribution < 1.29 is 19.1 Å². The number of nitrogens with one attached hydrogen (secondary N) is 2. The maximum atomic E-state index is 13.5. The molecule has 2 aromatic heterocycles. The quantitative estimate of drug-likeness (QED) is 0.0846. The monoisotopic (exact) mass is 745 g/mol. The number of ether oxygens (including phenoxy) is 2. The summed E-state index contributed by atoms with van der Waals surface area (Å²) in [5, 5.41) is 7.81. The summed E-state index contributed by atoms with van der Waals surface area (Å²) in [4.78, 5) is 38.7. The van der Waals surface area contributed by atoms with E-state index in [1.54, 1.807) is 0 Å². The average molecular weight is 746 g/mol. The van der Waals surface area contributed by atoms with Crippen molar-refractivity contribution in [3.05, 3.63) is 99.6 Å². The maximum Gasteiger partial charge on any atom is 0.357 e. The first-order chi connectivity index (χ1) is 25.9. The first-order valence-corrected chi connectivity index (χ1v) is 20.1. The maximum absolute atomic E-state index is 13.5. The van der Waals surface area contributed by atoms with Crippen LogP contribution < -0.4 is 20.3 Å². The van der Waals surface area contributed by atoms with E-state index in [0.717, 1.165) is 68.0 Å². The van der Waals surface area contributed by atoms with Gasteiger partial charge in [-0.05, 0) is 123 Å². The molecule has 4 heterocycles. The third kappa shape index (κ3) is 7.96. The molecule has 272 valence electrons. The lowest BCUT2D eigenvalue weighted by atomic mass is 9.57. The highest BCUT2D eigenvalue weighted by molar-refractivity contribution is 7.22. The molecule has 0 unspecified atom stereocenters. The lowest BCUT2D eigenvalue weighted by Gasteiger charge is -2.50. The molecule has 2 N–H and O–H groups in total. The van der Waals surface area contributed by atoms with Gasteiger partial charge in [-0.1, -0.05) is 47.4 Å². The van der Waals surface area contributed by atoms with Gasteiger partial charge in [-0.25, -0.2) is 14.8 Å². The van der Waals surface area contributed by atoms with Crippen molar-refractivity contribution in [2.45, 2.75) is 57.9 Å². The third-order valence-electron chi connectivity index (χ3n) is 10.8. The van der Waals surface area contributed by atoms with E-state index in [-0.39, 0.29) is 5.91 Å². The average Bonchev–Trinajstić information content (AvgIpc) is 3.80. The molecule has 5 aromatic rings. The molecule has 0 radical (unpaired) electrons. The van der Waals surface area contributed by atoms with E-state index in [1.165, 1.54) is 68.6 Å². The Morgan fingerprint density at radius 1 is 1.02 bits per heavy atom. The minimum atomic E-state index is -0.448. The zero-order chi connectivity index (χ0) is 36.2. The number of piperidine rings is 1. The summed E-state index contributed by atoms with van der Waals surface area (Å²) in [5.74, 6) is 7.67. The van der Waals surface area contributed by atoms with Crippen molar-refractivity contribution in [3.8, 4) is 17.6 Å². The highest BCUT2D eigenvalue weighted by atomic mass is 32.1. The Bertz CT molecular complexity index is 2140. The van der Waals surface area contributed by atoms with Crippen molar-refractivity contribution in [1.82, 2.24) is 15.3 Å². The number of hydrogen-bond donors (Lipinski definition) is 2. The largest absolute Gasteiger partial charge is 0.494 e. The number of carbonyl (C=O) groups is 2. The van der Waals surface area contributed by atoms with Gasteiger partial charge in [-0.3, -0.25) is 10.1 Å². The molecule has 53 heavy (non-hydrogen) atoms. The smallest absolute Gasteiger partial charge is 0.357 e. The number of methoxy groups -OCH3 is 1. The summed E-state index contributed by atoms with van der Waals surface area (Å²) < 4.78 is 12.2. The second-order valence-corrected chi connectivity index (χ2v) is 16.4. The number of amides is 1. The lowest BCUT2D eigenvalue weighted by Crippen LogP contribution is -2.45. The van der Waals surface area contributed by atoms with Gasteiger partial charge in [0.1, 0.15) is 5.75 Å². The van der Waals surface area contributed by atoms with Crippen molar-refractivity contribution in [2.75, 3.05) is 43.6 Å². The van der Waals surface area contributed by atoms with E-state index in [9.17, 15) is 9.59 Å². The van der Waals surface area contributed by atoms with Gasteiger partial charge in [0.25, 0.3) is 5.91 Å². The molecule has 1 saturated carbocycles. The molecule has 0 bridgehead atoms. The highest BCUT2D eigenvalue weighted by Gasteiger charge is 2.43. The fraction of sp³-hybridized carbons (Fsp3) is 0.381. The number of aryl methyl sites for hydroxylation is 1. The summed E-state index contributed by atoms with van der Waals surface area (Å²) in [6.07, 6.45) is 8.40. The van der Waals surface area contributed by atoms with Crippen LogP contribution in [0.4, 0.5) is 10.3 Å². The summed E-state index contributed by atoms with van der Waals surface area (Å²) in [5.41, 5.74) is 5.53. The molecule has 3 aromatic carbocycles. The van der Waals surface area contributed by atoms with Crippen LogP contribution in [-0.4, -0.2) is 55.2 Å². The zero-order valence-corrected chi connectivity index (χ0v) is 31.5. The lowest BCUT2D eigenvalue weighted by molar-refractivity contribution is 0.0245. The number of rotatable bonds is 10. The first kappa shape index (κ1) is 35.3. The Balaban J connectivity index is 0.859. The molecule has 9 nitrogen and oxygen atoms in total. The van der Waals surface area contributed by atoms with Gasteiger partial charge >= 0.3 is 5.97 Å². The minimum Gasteiger partial charge on any atom is -0.494 e. The molecular formula is C42H43N5O4S2. The van der Waals surface area contributed by atoms with Crippen molar-refractivity contribution in [1.29, 1.82) is 0 Å². The van der Waals surface area contributed by atoms with Crippen LogP contribution in [0.25, 0.3) is 10.2 Å². The molecule has 2 fully saturated rings. The molecule has 1 spiro atoms.